The number of nitrogens with one attached hydrogen (secondary N) is 1. The van der Waals surface area contributed by atoms with Crippen LogP contribution in [0, 0.1) is 6.92 Å². The number of aryl methyl sites for hydroxylation is 1. The van der Waals surface area contributed by atoms with Crippen molar-refractivity contribution >= 4 is 6.03 Å². The number of benzene rings is 1. The molecule has 0 aliphatic carbocycles. The summed E-state index contributed by atoms with van der Waals surface area (Å²) in [5.74, 6) is 0. The fourth-order valence-corrected chi connectivity index (χ4v) is 1.65. The Balaban J connectivity index is 2.49. The minimum atomic E-state index is -0.0407. The summed E-state index contributed by atoms with van der Waals surface area (Å²) < 4.78 is 0. The Labute approximate surface area is 109 Å². The molecule has 0 radical (unpaired) electrons. The quantitative estimate of drug-likeness (QED) is 0.795. The molecular formula is C15H22N2O. The zero-order valence-corrected chi connectivity index (χ0v) is 11.5. The topological polar surface area (TPSA) is 32.3 Å². The van der Waals surface area contributed by atoms with Crippen molar-refractivity contribution in [2.75, 3.05) is 13.1 Å². The summed E-state index contributed by atoms with van der Waals surface area (Å²) in [5, 5.41) is 2.92. The predicted molar refractivity (Wildman–Crippen MR) is 75.5 cm³/mol. The Hall–Kier alpha value is -1.77. The van der Waals surface area contributed by atoms with Crippen LogP contribution in [0.25, 0.3) is 0 Å². The van der Waals surface area contributed by atoms with Crippen molar-refractivity contribution in [2.24, 2.45) is 0 Å². The molecule has 0 unspecified atom stereocenters. The number of carbonyl (C=O) groups excluding carboxylic acids is 1. The first kappa shape index (κ1) is 14.3. The minimum Gasteiger partial charge on any atom is -0.334 e. The van der Waals surface area contributed by atoms with Crippen molar-refractivity contribution in [1.82, 2.24) is 10.2 Å². The van der Waals surface area contributed by atoms with Crippen molar-refractivity contribution in [3.05, 3.63) is 47.5 Å². The van der Waals surface area contributed by atoms with Crippen LogP contribution in [-0.2, 0) is 6.54 Å². The zero-order chi connectivity index (χ0) is 13.5. The first-order chi connectivity index (χ1) is 8.52. The van der Waals surface area contributed by atoms with E-state index in [-0.39, 0.29) is 6.03 Å². The van der Waals surface area contributed by atoms with E-state index in [2.05, 4.69) is 11.9 Å². The number of likely N-dealkylation sites (N-methyl/N-ethyl adjacent to an activating group) is 1. The molecule has 0 spiro atoms. The van der Waals surface area contributed by atoms with Crippen molar-refractivity contribution in [3.8, 4) is 0 Å². The van der Waals surface area contributed by atoms with E-state index in [0.29, 0.717) is 19.6 Å². The number of hydrogen-bond donors (Lipinski definition) is 1. The minimum absolute atomic E-state index is 0.0407. The van der Waals surface area contributed by atoms with E-state index in [1.54, 1.807) is 4.90 Å². The SMILES string of the molecule is C=C(C)CN(CC)C(=O)NCc1ccc(C)cc1. The molecule has 0 saturated heterocycles. The molecule has 0 aromatic heterocycles. The molecule has 3 heteroatoms. The number of urea groups is 1. The summed E-state index contributed by atoms with van der Waals surface area (Å²) in [4.78, 5) is 13.7. The lowest BCUT2D eigenvalue weighted by Gasteiger charge is -2.21. The zero-order valence-electron chi connectivity index (χ0n) is 11.5. The highest BCUT2D eigenvalue weighted by Crippen LogP contribution is 2.03. The smallest absolute Gasteiger partial charge is 0.317 e. The third-order valence-electron chi connectivity index (χ3n) is 2.69. The van der Waals surface area contributed by atoms with Gasteiger partial charge < -0.3 is 10.2 Å². The monoisotopic (exact) mass is 246 g/mol. The maximum absolute atomic E-state index is 11.9. The van der Waals surface area contributed by atoms with Crippen LogP contribution >= 0.6 is 0 Å². The molecule has 0 atom stereocenters. The fourth-order valence-electron chi connectivity index (χ4n) is 1.65. The maximum Gasteiger partial charge on any atom is 0.317 e. The molecule has 1 rings (SSSR count). The Bertz CT molecular complexity index is 409. The maximum atomic E-state index is 11.9. The third kappa shape index (κ3) is 4.62. The van der Waals surface area contributed by atoms with Crippen LogP contribution in [-0.4, -0.2) is 24.0 Å². The molecule has 0 fully saturated rings. The number of hydrogen-bond acceptors (Lipinski definition) is 1. The Morgan fingerprint density at radius 1 is 1.33 bits per heavy atom. The average Bonchev–Trinajstić information content (AvgIpc) is 2.34. The van der Waals surface area contributed by atoms with E-state index in [1.807, 2.05) is 45.0 Å². The lowest BCUT2D eigenvalue weighted by molar-refractivity contribution is 0.204. The molecule has 1 aromatic carbocycles. The molecule has 0 bridgehead atoms. The van der Waals surface area contributed by atoms with Crippen LogP contribution in [0.2, 0.25) is 0 Å². The average molecular weight is 246 g/mol. The van der Waals surface area contributed by atoms with Crippen LogP contribution < -0.4 is 5.32 Å². The van der Waals surface area contributed by atoms with Gasteiger partial charge >= 0.3 is 6.03 Å². The van der Waals surface area contributed by atoms with E-state index in [1.165, 1.54) is 5.56 Å². The molecule has 0 heterocycles. The van der Waals surface area contributed by atoms with Crippen molar-refractivity contribution in [1.29, 1.82) is 0 Å². The van der Waals surface area contributed by atoms with Crippen LogP contribution in [0.4, 0.5) is 4.79 Å². The third-order valence-corrected chi connectivity index (χ3v) is 2.69. The number of rotatable bonds is 5. The molecule has 18 heavy (non-hydrogen) atoms. The Morgan fingerprint density at radius 2 is 1.94 bits per heavy atom. The van der Waals surface area contributed by atoms with Gasteiger partial charge in [-0.15, -0.1) is 0 Å². The predicted octanol–water partition coefficient (Wildman–Crippen LogP) is 3.10. The molecule has 2 amide bonds. The van der Waals surface area contributed by atoms with Gasteiger partial charge in [-0.2, -0.15) is 0 Å². The summed E-state index contributed by atoms with van der Waals surface area (Å²) in [6.07, 6.45) is 0. The van der Waals surface area contributed by atoms with Gasteiger partial charge in [0.25, 0.3) is 0 Å². The largest absolute Gasteiger partial charge is 0.334 e. The van der Waals surface area contributed by atoms with E-state index in [9.17, 15) is 4.79 Å². The fraction of sp³-hybridized carbons (Fsp3) is 0.400. The van der Waals surface area contributed by atoms with Crippen LogP contribution in [0.1, 0.15) is 25.0 Å². The molecule has 0 aliphatic rings. The lowest BCUT2D eigenvalue weighted by atomic mass is 10.1. The summed E-state index contributed by atoms with van der Waals surface area (Å²) in [5.41, 5.74) is 3.32. The van der Waals surface area contributed by atoms with Gasteiger partial charge in [0, 0.05) is 19.6 Å². The Kier molecular flexibility index (Phi) is 5.43. The molecule has 1 N–H and O–H groups in total. The first-order valence-corrected chi connectivity index (χ1v) is 6.25. The molecular weight excluding hydrogens is 224 g/mol. The number of amides is 2. The second-order valence-corrected chi connectivity index (χ2v) is 4.62. The Morgan fingerprint density at radius 3 is 2.44 bits per heavy atom. The number of nitrogens with zero attached hydrogens (tertiary/aromatic N) is 1. The van der Waals surface area contributed by atoms with E-state index < -0.39 is 0 Å². The van der Waals surface area contributed by atoms with Crippen molar-refractivity contribution in [3.63, 3.8) is 0 Å². The molecule has 0 saturated carbocycles. The molecule has 1 aromatic rings. The van der Waals surface area contributed by atoms with Gasteiger partial charge in [-0.25, -0.2) is 4.79 Å². The number of carbonyl (C=O) groups is 1. The van der Waals surface area contributed by atoms with Gasteiger partial charge in [-0.3, -0.25) is 0 Å². The van der Waals surface area contributed by atoms with E-state index >= 15 is 0 Å². The first-order valence-electron chi connectivity index (χ1n) is 6.25. The van der Waals surface area contributed by atoms with Gasteiger partial charge in [0.1, 0.15) is 0 Å². The summed E-state index contributed by atoms with van der Waals surface area (Å²) in [6.45, 7) is 11.6. The second kappa shape index (κ2) is 6.84. The highest BCUT2D eigenvalue weighted by Gasteiger charge is 2.10. The summed E-state index contributed by atoms with van der Waals surface area (Å²) in [6, 6.07) is 8.12. The van der Waals surface area contributed by atoms with Gasteiger partial charge in [-0.1, -0.05) is 42.0 Å². The van der Waals surface area contributed by atoms with Crippen LogP contribution in [0.3, 0.4) is 0 Å². The van der Waals surface area contributed by atoms with Crippen LogP contribution in [0.5, 0.6) is 0 Å². The van der Waals surface area contributed by atoms with Crippen molar-refractivity contribution in [2.45, 2.75) is 27.3 Å². The van der Waals surface area contributed by atoms with Crippen LogP contribution in [0.15, 0.2) is 36.4 Å². The van der Waals surface area contributed by atoms with Gasteiger partial charge in [0.2, 0.25) is 0 Å². The highest BCUT2D eigenvalue weighted by molar-refractivity contribution is 5.74. The normalized spacial score (nSPS) is 9.94. The lowest BCUT2D eigenvalue weighted by Crippen LogP contribution is -2.40. The molecule has 0 aliphatic heterocycles. The van der Waals surface area contributed by atoms with Gasteiger partial charge in [0.05, 0.1) is 0 Å². The van der Waals surface area contributed by atoms with Gasteiger partial charge in [-0.05, 0) is 26.3 Å². The van der Waals surface area contributed by atoms with E-state index in [0.717, 1.165) is 11.1 Å². The summed E-state index contributed by atoms with van der Waals surface area (Å²) in [7, 11) is 0. The van der Waals surface area contributed by atoms with Gasteiger partial charge in [0.15, 0.2) is 0 Å². The van der Waals surface area contributed by atoms with Crippen molar-refractivity contribution < 1.29 is 4.79 Å². The second-order valence-electron chi connectivity index (χ2n) is 4.62. The summed E-state index contributed by atoms with van der Waals surface area (Å²) >= 11 is 0. The van der Waals surface area contributed by atoms with E-state index in [4.69, 9.17) is 0 Å². The molecule has 98 valence electrons. The molecule has 3 nitrogen and oxygen atoms in total. The highest BCUT2D eigenvalue weighted by atomic mass is 16.2. The standard InChI is InChI=1S/C15H22N2O/c1-5-17(11-12(2)3)15(18)16-10-14-8-6-13(4)7-9-14/h6-9H,2,5,10-11H2,1,3-4H3,(H,16,18).